The highest BCUT2D eigenvalue weighted by Crippen LogP contribution is 2.30. The van der Waals surface area contributed by atoms with Gasteiger partial charge < -0.3 is 4.98 Å². The lowest BCUT2D eigenvalue weighted by molar-refractivity contribution is 1.52. The molecule has 1 aromatic heterocycles. The number of aromatic nitrogens is 1. The molecule has 0 amide bonds. The maximum atomic E-state index is 9.06. The van der Waals surface area contributed by atoms with Crippen molar-refractivity contribution in [2.24, 2.45) is 0 Å². The lowest BCUT2D eigenvalue weighted by Crippen LogP contribution is -1.77. The van der Waals surface area contributed by atoms with Crippen LogP contribution in [0, 0.1) is 0 Å². The Labute approximate surface area is 169 Å². The Morgan fingerprint density at radius 2 is 0.720 bits per heavy atom. The molecule has 1 nitrogen and oxygen atoms in total. The van der Waals surface area contributed by atoms with Crippen molar-refractivity contribution >= 4 is 43.4 Å². The highest BCUT2D eigenvalue weighted by molar-refractivity contribution is 6.18. The average Bonchev–Trinajstić information content (AvgIpc) is 3.00. The van der Waals surface area contributed by atoms with E-state index >= 15 is 0 Å². The number of hydrogen-bond acceptors (Lipinski definition) is 0. The fourth-order valence-corrected chi connectivity index (χ4v) is 2.63. The zero-order valence-electron chi connectivity index (χ0n) is 29.4. The highest BCUT2D eigenvalue weighted by atomic mass is 14.7. The van der Waals surface area contributed by atoms with E-state index in [1.165, 1.54) is 0 Å². The quantitative estimate of drug-likeness (QED) is 0.322. The molecule has 0 spiro atoms. The van der Waals surface area contributed by atoms with Crippen LogP contribution in [0.25, 0.3) is 43.4 Å². The lowest BCUT2D eigenvalue weighted by atomic mass is 10.0. The second-order valence-corrected chi connectivity index (χ2v) is 5.06. The molecule has 0 fully saturated rings. The Balaban J connectivity index is 2.60. The first kappa shape index (κ1) is 5.09. The molecular formula is C24H17N. The van der Waals surface area contributed by atoms with Crippen LogP contribution in [0.2, 0.25) is 1.41 Å². The Hall–Kier alpha value is -3.32. The number of H-pyrrole nitrogens is 1. The molecule has 5 aromatic rings. The first-order chi connectivity index (χ1) is 19.5. The van der Waals surface area contributed by atoms with Gasteiger partial charge >= 0.3 is 0 Å². The second-order valence-electron chi connectivity index (χ2n) is 5.06. The molecule has 25 heavy (non-hydrogen) atoms. The minimum atomic E-state index is -0.872. The van der Waals surface area contributed by atoms with Gasteiger partial charge in [-0.15, -0.1) is 0 Å². The average molecular weight is 337 g/mol. The third kappa shape index (κ3) is 2.25. The fraction of sp³-hybridized carbons (Fsp3) is 0. The van der Waals surface area contributed by atoms with Crippen LogP contribution in [0.15, 0.2) is 96.7 Å². The van der Waals surface area contributed by atoms with Crippen molar-refractivity contribution in [2.45, 2.75) is 0 Å². The molecule has 0 aliphatic carbocycles. The monoisotopic (exact) mass is 336 g/mol. The molecule has 0 aliphatic heterocycles. The molecule has 4 aromatic carbocycles. The van der Waals surface area contributed by atoms with E-state index in [0.717, 1.165) is 0 Å². The number of benzene rings is 4. The molecule has 0 saturated carbocycles. The van der Waals surface area contributed by atoms with E-state index in [1.807, 2.05) is 0 Å². The molecule has 5 rings (SSSR count). The molecule has 0 atom stereocenters. The first-order valence-electron chi connectivity index (χ1n) is 15.6. The van der Waals surface area contributed by atoms with Crippen molar-refractivity contribution in [3.8, 4) is 0 Å². The van der Waals surface area contributed by atoms with Crippen LogP contribution >= 0.6 is 0 Å². The third-order valence-electron chi connectivity index (χ3n) is 3.68. The zero-order chi connectivity index (χ0) is 31.4. The summed E-state index contributed by atoms with van der Waals surface area (Å²) >= 11 is 0. The summed E-state index contributed by atoms with van der Waals surface area (Å²) in [6.07, 6.45) is 0. The Bertz CT molecular complexity index is 2010. The summed E-state index contributed by atoms with van der Waals surface area (Å²) in [4.78, 5) is 0.293. The van der Waals surface area contributed by atoms with Crippen LogP contribution in [0.5, 0.6) is 0 Å². The molecule has 0 bridgehead atoms. The summed E-state index contributed by atoms with van der Waals surface area (Å²) in [5.41, 5.74) is -1.44. The van der Waals surface area contributed by atoms with Crippen molar-refractivity contribution in [3.05, 3.63) is 96.7 Å². The summed E-state index contributed by atoms with van der Waals surface area (Å²) in [5, 5.41) is -3.65. The number of fused-ring (bicyclic) bond motifs is 7. The van der Waals surface area contributed by atoms with Gasteiger partial charge in [-0.3, -0.25) is 0 Å². The molecule has 0 radical (unpaired) electrons. The minimum absolute atomic E-state index is 0.293. The van der Waals surface area contributed by atoms with Crippen molar-refractivity contribution in [1.29, 1.82) is 0 Å². The number of rotatable bonds is 0. The van der Waals surface area contributed by atoms with Crippen molar-refractivity contribution in [3.63, 3.8) is 0 Å². The molecule has 0 unspecified atom stereocenters. The van der Waals surface area contributed by atoms with Crippen LogP contribution in [0.1, 0.15) is 21.9 Å². The van der Waals surface area contributed by atoms with Gasteiger partial charge in [-0.05, 0) is 33.6 Å². The van der Waals surface area contributed by atoms with Gasteiger partial charge in [0, 0.05) is 21.8 Å². The Kier molecular flexibility index (Phi) is 1.15. The molecule has 118 valence electrons. The van der Waals surface area contributed by atoms with E-state index in [2.05, 4.69) is 0 Å². The predicted molar refractivity (Wildman–Crippen MR) is 108 cm³/mol. The van der Waals surface area contributed by atoms with E-state index in [0.29, 0.717) is 4.98 Å². The second kappa shape index (κ2) is 5.64. The van der Waals surface area contributed by atoms with Gasteiger partial charge in [-0.2, -0.15) is 0 Å². The fourth-order valence-electron chi connectivity index (χ4n) is 2.63. The Morgan fingerprint density at radius 3 is 1.12 bits per heavy atom. The van der Waals surface area contributed by atoms with Crippen LogP contribution in [0.4, 0.5) is 0 Å². The van der Waals surface area contributed by atoms with Crippen LogP contribution in [-0.4, -0.2) is 4.98 Å². The number of aromatic amines is 1. The predicted octanol–water partition coefficient (Wildman–Crippen LogP) is 6.75. The van der Waals surface area contributed by atoms with Gasteiger partial charge in [-0.1, -0.05) is 84.6 Å². The topological polar surface area (TPSA) is 15.8 Å². The minimum Gasteiger partial charge on any atom is -0.355 e. The molecule has 0 aliphatic rings. The molecule has 1 N–H and O–H groups in total. The SMILES string of the molecule is [2H]c1c([2H])c([2H])c2c(c1[2H])c1c([2H])c([2H])c([2H])c([2H])c1c1c([2H])c([2H])c([2H])c([2H])c1n([2H])c1c([2H])c([2H])c([2H])c([2H])c21. The first-order valence-corrected chi connectivity index (χ1v) is 7.20. The third-order valence-corrected chi connectivity index (χ3v) is 3.68. The maximum Gasteiger partial charge on any atom is 0.167 e. The van der Waals surface area contributed by atoms with E-state index in [-0.39, 0.29) is 0 Å². The van der Waals surface area contributed by atoms with Crippen LogP contribution in [0.3, 0.4) is 0 Å². The van der Waals surface area contributed by atoms with Gasteiger partial charge in [0.25, 0.3) is 0 Å². The highest BCUT2D eigenvalue weighted by Gasteiger charge is 2.04. The van der Waals surface area contributed by atoms with Crippen LogP contribution in [-0.2, 0) is 0 Å². The number of nitrogens with one attached hydrogen (secondary N) is 1. The van der Waals surface area contributed by atoms with E-state index in [1.54, 1.807) is 0 Å². The normalized spacial score (nSPS) is 20.7. The molecule has 1 heterocycles. The largest absolute Gasteiger partial charge is 0.355 e. The van der Waals surface area contributed by atoms with Gasteiger partial charge in [-0.25, -0.2) is 0 Å². The smallest absolute Gasteiger partial charge is 0.167 e. The zero-order valence-corrected chi connectivity index (χ0v) is 12.4. The van der Waals surface area contributed by atoms with Gasteiger partial charge in [0.1, 0.15) is 0 Å². The Morgan fingerprint density at radius 1 is 0.440 bits per heavy atom. The standard InChI is InChI=1S/C24H17N/c1-3-11-19-17(9-1)18-10-2-4-12-20(18)22-14-6-8-16-24(22)25-23-15-7-5-13-21(19)23/h1-16,25H/i1D,2D,3D,4D,5D,6D,7D,8D,9D,10D,11D,12D,13D,14D,15D,16D/hD. The van der Waals surface area contributed by atoms with E-state index in [4.69, 9.17) is 23.3 Å². The number of para-hydroxylation sites is 2. The summed E-state index contributed by atoms with van der Waals surface area (Å²) in [6, 6.07) is -13.5. The lowest BCUT2D eigenvalue weighted by Gasteiger charge is -2.02. The molecule has 1 heteroatoms. The summed E-state index contributed by atoms with van der Waals surface area (Å²) in [5.74, 6) is 0. The van der Waals surface area contributed by atoms with Crippen LogP contribution < -0.4 is 0 Å². The van der Waals surface area contributed by atoms with Crippen molar-refractivity contribution < 1.29 is 23.3 Å². The summed E-state index contributed by atoms with van der Waals surface area (Å²) < 4.78 is 145. The summed E-state index contributed by atoms with van der Waals surface area (Å²) in [7, 11) is 0. The van der Waals surface area contributed by atoms with Crippen molar-refractivity contribution in [2.75, 3.05) is 0 Å². The van der Waals surface area contributed by atoms with Crippen molar-refractivity contribution in [1.82, 2.24) is 4.98 Å². The van der Waals surface area contributed by atoms with Gasteiger partial charge in [0.15, 0.2) is 1.41 Å². The van der Waals surface area contributed by atoms with Gasteiger partial charge in [0.05, 0.1) is 21.9 Å². The van der Waals surface area contributed by atoms with Gasteiger partial charge in [0.2, 0.25) is 0 Å². The van der Waals surface area contributed by atoms with E-state index in [9.17, 15) is 0 Å². The number of hydrogen-bond donors (Lipinski definition) is 1. The van der Waals surface area contributed by atoms with E-state index < -0.39 is 140 Å². The summed E-state index contributed by atoms with van der Waals surface area (Å²) in [6.45, 7) is 0. The maximum absolute atomic E-state index is 9.06. The molecule has 0 saturated heterocycles. The molecular weight excluding hydrogens is 302 g/mol.